The molecule has 122 valence electrons. The number of benzene rings is 1. The second-order valence-corrected chi connectivity index (χ2v) is 7.07. The SMILES string of the molecule is Cc1ccc(S(=O)(=O)O[C@@H]2CO[C@H]3[C@@H]2OC[C@@H]3C(F)F)cc1. The minimum Gasteiger partial charge on any atom is -0.372 e. The van der Waals surface area contributed by atoms with E-state index in [0.29, 0.717) is 0 Å². The highest BCUT2D eigenvalue weighted by atomic mass is 32.2. The van der Waals surface area contributed by atoms with Gasteiger partial charge in [-0.25, -0.2) is 8.78 Å². The van der Waals surface area contributed by atoms with Gasteiger partial charge >= 0.3 is 0 Å². The molecule has 0 bridgehead atoms. The van der Waals surface area contributed by atoms with Crippen molar-refractivity contribution in [3.05, 3.63) is 29.8 Å². The standard InChI is InChI=1S/C14H16F2O5S/c1-8-2-4-9(5-3-8)22(17,18)21-11-7-20-12-10(14(15)16)6-19-13(11)12/h2-5,10-14H,6-7H2,1H3/t10-,11+,12+,13+/m0/s1. The van der Waals surface area contributed by atoms with E-state index in [-0.39, 0.29) is 18.1 Å². The quantitative estimate of drug-likeness (QED) is 0.785. The maximum atomic E-state index is 12.8. The van der Waals surface area contributed by atoms with E-state index < -0.39 is 40.8 Å². The van der Waals surface area contributed by atoms with Gasteiger partial charge in [0.15, 0.2) is 0 Å². The predicted molar refractivity (Wildman–Crippen MR) is 72.2 cm³/mol. The lowest BCUT2D eigenvalue weighted by atomic mass is 10.0. The summed E-state index contributed by atoms with van der Waals surface area (Å²) >= 11 is 0. The molecule has 2 heterocycles. The van der Waals surface area contributed by atoms with Crippen molar-refractivity contribution >= 4 is 10.1 Å². The molecule has 2 fully saturated rings. The van der Waals surface area contributed by atoms with E-state index in [1.165, 1.54) is 12.1 Å². The number of hydrogen-bond donors (Lipinski definition) is 0. The average molecular weight is 334 g/mol. The van der Waals surface area contributed by atoms with Crippen LogP contribution in [0.2, 0.25) is 0 Å². The number of fused-ring (bicyclic) bond motifs is 1. The van der Waals surface area contributed by atoms with E-state index in [1.54, 1.807) is 12.1 Å². The lowest BCUT2D eigenvalue weighted by Gasteiger charge is -2.16. The summed E-state index contributed by atoms with van der Waals surface area (Å²) in [5.41, 5.74) is 0.919. The third-order valence-electron chi connectivity index (χ3n) is 3.93. The van der Waals surface area contributed by atoms with Crippen molar-refractivity contribution < 1.29 is 30.9 Å². The molecule has 0 radical (unpaired) electrons. The number of hydrogen-bond acceptors (Lipinski definition) is 5. The molecule has 5 nitrogen and oxygen atoms in total. The first-order valence-corrected chi connectivity index (χ1v) is 8.30. The summed E-state index contributed by atoms with van der Waals surface area (Å²) in [6.07, 6.45) is -5.07. The van der Waals surface area contributed by atoms with Crippen molar-refractivity contribution in [3.63, 3.8) is 0 Å². The van der Waals surface area contributed by atoms with Crippen molar-refractivity contribution in [1.29, 1.82) is 0 Å². The Kier molecular flexibility index (Phi) is 4.19. The molecular formula is C14H16F2O5S. The molecule has 2 aliphatic rings. The summed E-state index contributed by atoms with van der Waals surface area (Å²) in [6.45, 7) is 1.60. The summed E-state index contributed by atoms with van der Waals surface area (Å²) in [7, 11) is -3.98. The van der Waals surface area contributed by atoms with Gasteiger partial charge in [-0.05, 0) is 19.1 Å². The largest absolute Gasteiger partial charge is 0.372 e. The molecule has 4 atom stereocenters. The zero-order valence-electron chi connectivity index (χ0n) is 11.8. The van der Waals surface area contributed by atoms with E-state index in [9.17, 15) is 17.2 Å². The fourth-order valence-corrected chi connectivity index (χ4v) is 3.79. The molecule has 1 aromatic rings. The number of halogens is 2. The van der Waals surface area contributed by atoms with E-state index in [4.69, 9.17) is 13.7 Å². The highest BCUT2D eigenvalue weighted by molar-refractivity contribution is 7.86. The van der Waals surface area contributed by atoms with Crippen molar-refractivity contribution in [1.82, 2.24) is 0 Å². The van der Waals surface area contributed by atoms with Crippen LogP contribution in [0.4, 0.5) is 8.78 Å². The van der Waals surface area contributed by atoms with Gasteiger partial charge in [-0.2, -0.15) is 8.42 Å². The normalized spacial score (nSPS) is 31.6. The highest BCUT2D eigenvalue weighted by Crippen LogP contribution is 2.36. The highest BCUT2D eigenvalue weighted by Gasteiger charge is 2.52. The molecule has 0 amide bonds. The van der Waals surface area contributed by atoms with Crippen LogP contribution in [-0.2, 0) is 23.8 Å². The number of ether oxygens (including phenoxy) is 2. The van der Waals surface area contributed by atoms with Crippen LogP contribution in [0.1, 0.15) is 5.56 Å². The number of rotatable bonds is 4. The molecule has 0 unspecified atom stereocenters. The lowest BCUT2D eigenvalue weighted by molar-refractivity contribution is -0.0105. The van der Waals surface area contributed by atoms with Crippen LogP contribution in [0.25, 0.3) is 0 Å². The van der Waals surface area contributed by atoms with Gasteiger partial charge in [0.2, 0.25) is 6.43 Å². The third kappa shape index (κ3) is 2.88. The summed E-state index contributed by atoms with van der Waals surface area (Å²) in [6, 6.07) is 6.19. The van der Waals surface area contributed by atoms with Crippen LogP contribution in [0.15, 0.2) is 29.2 Å². The Morgan fingerprint density at radius 2 is 1.77 bits per heavy atom. The van der Waals surface area contributed by atoms with Crippen molar-refractivity contribution in [2.45, 2.75) is 36.6 Å². The molecule has 8 heteroatoms. The second-order valence-electron chi connectivity index (χ2n) is 5.50. The Balaban J connectivity index is 1.73. The van der Waals surface area contributed by atoms with E-state index in [1.807, 2.05) is 6.92 Å². The van der Waals surface area contributed by atoms with Crippen LogP contribution in [0, 0.1) is 12.8 Å². The Labute approximate surface area is 127 Å². The summed E-state index contributed by atoms with van der Waals surface area (Å²) < 4.78 is 65.8. The van der Waals surface area contributed by atoms with Gasteiger partial charge < -0.3 is 9.47 Å². The summed E-state index contributed by atoms with van der Waals surface area (Å²) in [5.74, 6) is -1.04. The smallest absolute Gasteiger partial charge is 0.297 e. The molecule has 0 N–H and O–H groups in total. The minimum atomic E-state index is -3.98. The fourth-order valence-electron chi connectivity index (χ4n) is 2.72. The fraction of sp³-hybridized carbons (Fsp3) is 0.571. The molecule has 1 aromatic carbocycles. The van der Waals surface area contributed by atoms with Crippen LogP contribution in [0.5, 0.6) is 0 Å². The molecular weight excluding hydrogens is 318 g/mol. The molecule has 0 saturated carbocycles. The zero-order valence-corrected chi connectivity index (χ0v) is 12.6. The monoisotopic (exact) mass is 334 g/mol. The Morgan fingerprint density at radius 1 is 1.14 bits per heavy atom. The number of alkyl halides is 2. The molecule has 2 aliphatic heterocycles. The maximum Gasteiger partial charge on any atom is 0.297 e. The first-order chi connectivity index (χ1) is 10.4. The molecule has 22 heavy (non-hydrogen) atoms. The van der Waals surface area contributed by atoms with E-state index in [0.717, 1.165) is 5.56 Å². The van der Waals surface area contributed by atoms with E-state index >= 15 is 0 Å². The van der Waals surface area contributed by atoms with Crippen LogP contribution in [-0.4, -0.2) is 46.4 Å². The minimum absolute atomic E-state index is 0.0185. The first-order valence-electron chi connectivity index (χ1n) is 6.90. The molecule has 0 spiro atoms. The Bertz CT molecular complexity index is 631. The molecule has 0 aromatic heterocycles. The third-order valence-corrected chi connectivity index (χ3v) is 5.28. The lowest BCUT2D eigenvalue weighted by Crippen LogP contribution is -2.34. The van der Waals surface area contributed by atoms with Crippen LogP contribution >= 0.6 is 0 Å². The Hall–Kier alpha value is -1.09. The maximum absolute atomic E-state index is 12.8. The molecule has 3 rings (SSSR count). The predicted octanol–water partition coefficient (Wildman–Crippen LogP) is 1.75. The molecule has 0 aliphatic carbocycles. The summed E-state index contributed by atoms with van der Waals surface area (Å²) in [4.78, 5) is 0.0185. The van der Waals surface area contributed by atoms with Crippen molar-refractivity contribution in [2.75, 3.05) is 13.2 Å². The van der Waals surface area contributed by atoms with Gasteiger partial charge in [-0.15, -0.1) is 0 Å². The van der Waals surface area contributed by atoms with Crippen molar-refractivity contribution in [3.8, 4) is 0 Å². The second kappa shape index (κ2) is 5.84. The van der Waals surface area contributed by atoms with Gasteiger partial charge in [0.1, 0.15) is 12.2 Å². The molecule has 2 saturated heterocycles. The summed E-state index contributed by atoms with van der Waals surface area (Å²) in [5, 5.41) is 0. The first kappa shape index (κ1) is 15.8. The van der Waals surface area contributed by atoms with Crippen molar-refractivity contribution in [2.24, 2.45) is 5.92 Å². The van der Waals surface area contributed by atoms with Gasteiger partial charge in [0.25, 0.3) is 10.1 Å². The van der Waals surface area contributed by atoms with Gasteiger partial charge in [0, 0.05) is 0 Å². The van der Waals surface area contributed by atoms with Crippen LogP contribution < -0.4 is 0 Å². The number of aryl methyl sites for hydroxylation is 1. The topological polar surface area (TPSA) is 61.8 Å². The van der Waals surface area contributed by atoms with Gasteiger partial charge in [-0.1, -0.05) is 17.7 Å². The van der Waals surface area contributed by atoms with Gasteiger partial charge in [-0.3, -0.25) is 4.18 Å². The van der Waals surface area contributed by atoms with Gasteiger partial charge in [0.05, 0.1) is 30.1 Å². The Morgan fingerprint density at radius 3 is 2.41 bits per heavy atom. The van der Waals surface area contributed by atoms with Crippen LogP contribution in [0.3, 0.4) is 0 Å². The average Bonchev–Trinajstić information content (AvgIpc) is 3.02. The zero-order chi connectivity index (χ0) is 15.9. The van der Waals surface area contributed by atoms with E-state index in [2.05, 4.69) is 0 Å².